The predicted molar refractivity (Wildman–Crippen MR) is 123 cm³/mol. The second-order valence-electron chi connectivity index (χ2n) is 8.96. The van der Waals surface area contributed by atoms with Gasteiger partial charge in [-0.15, -0.1) is 0 Å². The SMILES string of the molecule is NC(=O)c1ccc(CN2CCC(C3CCCCCN3C(=O)c3ccccc3)CC2)cc1. The summed E-state index contributed by atoms with van der Waals surface area (Å²) in [5.41, 5.74) is 7.91. The molecular formula is C26H33N3O2. The molecule has 2 aliphatic heterocycles. The van der Waals surface area contributed by atoms with E-state index < -0.39 is 0 Å². The molecule has 31 heavy (non-hydrogen) atoms. The van der Waals surface area contributed by atoms with Crippen molar-refractivity contribution in [3.05, 3.63) is 71.3 Å². The van der Waals surface area contributed by atoms with Gasteiger partial charge >= 0.3 is 0 Å². The number of rotatable bonds is 5. The Kier molecular flexibility index (Phi) is 7.03. The highest BCUT2D eigenvalue weighted by atomic mass is 16.2. The molecule has 5 heteroatoms. The second-order valence-corrected chi connectivity index (χ2v) is 8.96. The number of benzene rings is 2. The molecule has 4 rings (SSSR count). The monoisotopic (exact) mass is 419 g/mol. The van der Waals surface area contributed by atoms with Gasteiger partial charge in [-0.3, -0.25) is 14.5 Å². The Labute approximate surface area is 185 Å². The molecule has 2 aliphatic rings. The van der Waals surface area contributed by atoms with Crippen LogP contribution in [0.25, 0.3) is 0 Å². The highest BCUT2D eigenvalue weighted by Gasteiger charge is 2.34. The molecule has 164 valence electrons. The maximum Gasteiger partial charge on any atom is 0.254 e. The van der Waals surface area contributed by atoms with Crippen LogP contribution in [0.1, 0.15) is 64.8 Å². The molecule has 0 radical (unpaired) electrons. The first-order valence-electron chi connectivity index (χ1n) is 11.6. The lowest BCUT2D eigenvalue weighted by molar-refractivity contribution is 0.0515. The maximum atomic E-state index is 13.3. The van der Waals surface area contributed by atoms with Gasteiger partial charge in [0.05, 0.1) is 0 Å². The molecule has 0 saturated carbocycles. The van der Waals surface area contributed by atoms with Gasteiger partial charge in [0, 0.05) is 30.3 Å². The van der Waals surface area contributed by atoms with Crippen molar-refractivity contribution in [2.24, 2.45) is 11.7 Å². The predicted octanol–water partition coefficient (Wildman–Crippen LogP) is 4.08. The molecule has 5 nitrogen and oxygen atoms in total. The quantitative estimate of drug-likeness (QED) is 0.794. The molecule has 2 fully saturated rings. The maximum absolute atomic E-state index is 13.3. The van der Waals surface area contributed by atoms with Crippen molar-refractivity contribution < 1.29 is 9.59 Å². The van der Waals surface area contributed by atoms with Gasteiger partial charge in [0.1, 0.15) is 0 Å². The van der Waals surface area contributed by atoms with E-state index in [4.69, 9.17) is 5.73 Å². The summed E-state index contributed by atoms with van der Waals surface area (Å²) in [6.07, 6.45) is 6.92. The average Bonchev–Trinajstić information content (AvgIpc) is 3.06. The molecule has 0 aliphatic carbocycles. The topological polar surface area (TPSA) is 66.6 Å². The van der Waals surface area contributed by atoms with Gasteiger partial charge in [0.15, 0.2) is 0 Å². The van der Waals surface area contributed by atoms with Crippen molar-refractivity contribution in [3.63, 3.8) is 0 Å². The van der Waals surface area contributed by atoms with Crippen molar-refractivity contribution in [2.75, 3.05) is 19.6 Å². The average molecular weight is 420 g/mol. The van der Waals surface area contributed by atoms with Crippen LogP contribution in [0.15, 0.2) is 54.6 Å². The van der Waals surface area contributed by atoms with Crippen LogP contribution in [0.5, 0.6) is 0 Å². The van der Waals surface area contributed by atoms with Gasteiger partial charge in [0.25, 0.3) is 5.91 Å². The lowest BCUT2D eigenvalue weighted by Gasteiger charge is -2.41. The van der Waals surface area contributed by atoms with E-state index in [1.807, 2.05) is 54.6 Å². The summed E-state index contributed by atoms with van der Waals surface area (Å²) >= 11 is 0. The smallest absolute Gasteiger partial charge is 0.254 e. The minimum absolute atomic E-state index is 0.199. The van der Waals surface area contributed by atoms with Crippen molar-refractivity contribution >= 4 is 11.8 Å². The summed E-state index contributed by atoms with van der Waals surface area (Å²) in [5, 5.41) is 0. The van der Waals surface area contributed by atoms with E-state index in [0.717, 1.165) is 57.4 Å². The zero-order chi connectivity index (χ0) is 21.6. The largest absolute Gasteiger partial charge is 0.366 e. The second kappa shape index (κ2) is 10.1. The lowest BCUT2D eigenvalue weighted by atomic mass is 9.85. The molecule has 2 amide bonds. The Morgan fingerprint density at radius 2 is 1.52 bits per heavy atom. The van der Waals surface area contributed by atoms with E-state index >= 15 is 0 Å². The number of hydrogen-bond acceptors (Lipinski definition) is 3. The van der Waals surface area contributed by atoms with E-state index in [0.29, 0.717) is 17.5 Å². The van der Waals surface area contributed by atoms with E-state index in [1.54, 1.807) is 0 Å². The Morgan fingerprint density at radius 1 is 0.806 bits per heavy atom. The highest BCUT2D eigenvalue weighted by molar-refractivity contribution is 5.94. The molecule has 1 unspecified atom stereocenters. The summed E-state index contributed by atoms with van der Waals surface area (Å²) in [7, 11) is 0. The number of carbonyl (C=O) groups excluding carboxylic acids is 2. The number of nitrogens with zero attached hydrogens (tertiary/aromatic N) is 2. The normalized spacial score (nSPS) is 20.9. The molecule has 1 atom stereocenters. The number of piperidine rings is 1. The van der Waals surface area contributed by atoms with Gasteiger partial charge in [-0.2, -0.15) is 0 Å². The van der Waals surface area contributed by atoms with E-state index in [2.05, 4.69) is 9.80 Å². The van der Waals surface area contributed by atoms with Crippen LogP contribution in [0.2, 0.25) is 0 Å². The Hall–Kier alpha value is -2.66. The van der Waals surface area contributed by atoms with Crippen molar-refractivity contribution in [3.8, 4) is 0 Å². The number of nitrogens with two attached hydrogens (primary N) is 1. The van der Waals surface area contributed by atoms with Crippen LogP contribution >= 0.6 is 0 Å². The molecule has 2 saturated heterocycles. The van der Waals surface area contributed by atoms with Gasteiger partial charge in [-0.1, -0.05) is 43.2 Å². The minimum atomic E-state index is -0.384. The van der Waals surface area contributed by atoms with Crippen LogP contribution in [-0.2, 0) is 6.54 Å². The number of amides is 2. The van der Waals surface area contributed by atoms with Gasteiger partial charge in [0.2, 0.25) is 5.91 Å². The minimum Gasteiger partial charge on any atom is -0.366 e. The third-order valence-corrected chi connectivity index (χ3v) is 6.90. The third kappa shape index (κ3) is 5.34. The van der Waals surface area contributed by atoms with Gasteiger partial charge < -0.3 is 10.6 Å². The summed E-state index contributed by atoms with van der Waals surface area (Å²) in [6, 6.07) is 17.7. The molecule has 2 aromatic rings. The highest BCUT2D eigenvalue weighted by Crippen LogP contribution is 2.31. The third-order valence-electron chi connectivity index (χ3n) is 6.90. The molecular weight excluding hydrogens is 386 g/mol. The number of carbonyl (C=O) groups is 2. The zero-order valence-electron chi connectivity index (χ0n) is 18.2. The fraction of sp³-hybridized carbons (Fsp3) is 0.462. The Bertz CT molecular complexity index is 873. The zero-order valence-corrected chi connectivity index (χ0v) is 18.2. The lowest BCUT2D eigenvalue weighted by Crippen LogP contribution is -2.47. The summed E-state index contributed by atoms with van der Waals surface area (Å²) in [6.45, 7) is 3.87. The summed E-state index contributed by atoms with van der Waals surface area (Å²) in [4.78, 5) is 29.2. The Balaban J connectivity index is 1.37. The van der Waals surface area contributed by atoms with Crippen molar-refractivity contribution in [2.45, 2.75) is 51.1 Å². The van der Waals surface area contributed by atoms with Crippen LogP contribution in [-0.4, -0.2) is 47.3 Å². The van der Waals surface area contributed by atoms with Crippen molar-refractivity contribution in [1.82, 2.24) is 9.80 Å². The van der Waals surface area contributed by atoms with E-state index in [9.17, 15) is 9.59 Å². The number of primary amides is 1. The van der Waals surface area contributed by atoms with Crippen molar-refractivity contribution in [1.29, 1.82) is 0 Å². The number of hydrogen-bond donors (Lipinski definition) is 1. The first-order chi connectivity index (χ1) is 15.1. The molecule has 0 bridgehead atoms. The van der Waals surface area contributed by atoms with Gasteiger partial charge in [-0.25, -0.2) is 0 Å². The van der Waals surface area contributed by atoms with Crippen LogP contribution in [0, 0.1) is 5.92 Å². The molecule has 0 aromatic heterocycles. The fourth-order valence-corrected chi connectivity index (χ4v) is 5.15. The van der Waals surface area contributed by atoms with Crippen LogP contribution in [0.4, 0.5) is 0 Å². The summed E-state index contributed by atoms with van der Waals surface area (Å²) in [5.74, 6) is 0.383. The van der Waals surface area contributed by atoms with Crippen LogP contribution in [0.3, 0.4) is 0 Å². The molecule has 0 spiro atoms. The first kappa shape index (κ1) is 21.6. The Morgan fingerprint density at radius 3 is 2.19 bits per heavy atom. The van der Waals surface area contributed by atoms with E-state index in [1.165, 1.54) is 18.4 Å². The van der Waals surface area contributed by atoms with Crippen LogP contribution < -0.4 is 5.73 Å². The van der Waals surface area contributed by atoms with E-state index in [-0.39, 0.29) is 11.8 Å². The standard InChI is InChI=1S/C26H33N3O2/c27-25(30)22-12-10-20(11-13-22)19-28-17-14-21(15-18-28)24-9-5-2-6-16-29(24)26(31)23-7-3-1-4-8-23/h1,3-4,7-8,10-13,21,24H,2,5-6,9,14-19H2,(H2,27,30). The fourth-order valence-electron chi connectivity index (χ4n) is 5.15. The first-order valence-corrected chi connectivity index (χ1v) is 11.6. The summed E-state index contributed by atoms with van der Waals surface area (Å²) < 4.78 is 0. The number of likely N-dealkylation sites (tertiary alicyclic amines) is 2. The molecule has 2 aromatic carbocycles. The van der Waals surface area contributed by atoms with Gasteiger partial charge in [-0.05, 0) is 74.5 Å². The molecule has 2 heterocycles. The molecule has 2 N–H and O–H groups in total.